The van der Waals surface area contributed by atoms with Crippen molar-refractivity contribution in [3.8, 4) is 0 Å². The van der Waals surface area contributed by atoms with Crippen LogP contribution in [0, 0.1) is 18.8 Å². The van der Waals surface area contributed by atoms with Crippen molar-refractivity contribution < 1.29 is 9.22 Å². The molecule has 2 unspecified atom stereocenters. The van der Waals surface area contributed by atoms with Crippen LogP contribution in [0.3, 0.4) is 0 Å². The molecule has 150 valence electrons. The SMILES string of the molecule is Cc1cn(C2C=C(C=O)C(CO[Si](C)(C)C(C)(C)C(C)C)C2)c(=O)[nH]c1=O. The molecule has 0 spiro atoms. The van der Waals surface area contributed by atoms with E-state index in [1.807, 2.05) is 6.08 Å². The Hall–Kier alpha value is -1.73. The summed E-state index contributed by atoms with van der Waals surface area (Å²) in [6.07, 6.45) is 4.86. The minimum atomic E-state index is -1.99. The molecule has 0 bridgehead atoms. The molecule has 1 N–H and O–H groups in total. The number of hydrogen-bond acceptors (Lipinski definition) is 4. The van der Waals surface area contributed by atoms with Crippen LogP contribution in [0.1, 0.15) is 45.7 Å². The first-order valence-electron chi connectivity index (χ1n) is 9.53. The molecule has 0 aliphatic heterocycles. The molecule has 2 atom stereocenters. The number of carbonyl (C=O) groups excluding carboxylic acids is 1. The maximum absolute atomic E-state index is 12.2. The third-order valence-electron chi connectivity index (χ3n) is 6.66. The molecule has 0 radical (unpaired) electrons. The summed E-state index contributed by atoms with van der Waals surface area (Å²) in [5.74, 6) is 0.459. The van der Waals surface area contributed by atoms with Gasteiger partial charge in [-0.1, -0.05) is 33.8 Å². The normalized spacial score (nSPS) is 20.8. The van der Waals surface area contributed by atoms with Gasteiger partial charge in [0, 0.05) is 24.3 Å². The van der Waals surface area contributed by atoms with Gasteiger partial charge in [0.1, 0.15) is 6.29 Å². The van der Waals surface area contributed by atoms with E-state index < -0.39 is 14.0 Å². The molecular weight excluding hydrogens is 360 g/mol. The zero-order valence-electron chi connectivity index (χ0n) is 17.5. The Morgan fingerprint density at radius 3 is 2.56 bits per heavy atom. The zero-order chi connectivity index (χ0) is 20.6. The van der Waals surface area contributed by atoms with Gasteiger partial charge in [-0.25, -0.2) is 4.79 Å². The number of hydrogen-bond donors (Lipinski definition) is 1. The molecule has 1 aliphatic rings. The molecule has 0 saturated carbocycles. The number of carbonyl (C=O) groups is 1. The second kappa shape index (κ2) is 7.71. The number of nitrogens with zero attached hydrogens (tertiary/aromatic N) is 1. The van der Waals surface area contributed by atoms with E-state index in [9.17, 15) is 14.4 Å². The van der Waals surface area contributed by atoms with Gasteiger partial charge in [0.15, 0.2) is 8.32 Å². The Morgan fingerprint density at radius 1 is 1.37 bits per heavy atom. The standard InChI is InChI=1S/C20H32N2O4Si/c1-13(2)20(4,5)27(6,7)26-12-16-9-17(8-15(16)11-23)22-10-14(3)18(24)21-19(22)25/h8,10-11,13,16-17H,9,12H2,1-7H3,(H,21,24,25). The number of rotatable bonds is 7. The number of H-pyrrole nitrogens is 1. The van der Waals surface area contributed by atoms with Gasteiger partial charge in [-0.2, -0.15) is 0 Å². The van der Waals surface area contributed by atoms with Crippen molar-refractivity contribution >= 4 is 14.6 Å². The maximum Gasteiger partial charge on any atom is 0.328 e. The molecule has 6 nitrogen and oxygen atoms in total. The summed E-state index contributed by atoms with van der Waals surface area (Å²) in [5.41, 5.74) is 0.317. The van der Waals surface area contributed by atoms with Crippen molar-refractivity contribution in [2.45, 2.75) is 65.2 Å². The van der Waals surface area contributed by atoms with Gasteiger partial charge in [-0.05, 0) is 43.0 Å². The quantitative estimate of drug-likeness (QED) is 0.571. The number of aryl methyl sites for hydroxylation is 1. The highest BCUT2D eigenvalue weighted by Gasteiger charge is 2.44. The summed E-state index contributed by atoms with van der Waals surface area (Å²) in [7, 11) is -1.99. The predicted octanol–water partition coefficient (Wildman–Crippen LogP) is 3.19. The van der Waals surface area contributed by atoms with Gasteiger partial charge >= 0.3 is 5.69 Å². The van der Waals surface area contributed by atoms with E-state index in [1.165, 1.54) is 4.57 Å². The van der Waals surface area contributed by atoms with Crippen LogP contribution < -0.4 is 11.2 Å². The highest BCUT2D eigenvalue weighted by molar-refractivity contribution is 6.74. The van der Waals surface area contributed by atoms with Crippen LogP contribution in [0.15, 0.2) is 27.4 Å². The Bertz CT molecular complexity index is 848. The van der Waals surface area contributed by atoms with E-state index >= 15 is 0 Å². The average Bonchev–Trinajstić information content (AvgIpc) is 2.99. The Labute approximate surface area is 161 Å². The van der Waals surface area contributed by atoms with Crippen LogP contribution in [-0.4, -0.2) is 30.8 Å². The monoisotopic (exact) mass is 392 g/mol. The first-order valence-corrected chi connectivity index (χ1v) is 12.4. The number of nitrogens with one attached hydrogen (secondary N) is 1. The summed E-state index contributed by atoms with van der Waals surface area (Å²) >= 11 is 0. The van der Waals surface area contributed by atoms with Crippen LogP contribution in [0.2, 0.25) is 18.1 Å². The Morgan fingerprint density at radius 2 is 2.00 bits per heavy atom. The van der Waals surface area contributed by atoms with E-state index in [1.54, 1.807) is 13.1 Å². The number of aromatic nitrogens is 2. The van der Waals surface area contributed by atoms with Gasteiger partial charge in [-0.3, -0.25) is 19.1 Å². The number of aldehydes is 1. The predicted molar refractivity (Wildman–Crippen MR) is 110 cm³/mol. The second-order valence-electron chi connectivity index (χ2n) is 8.96. The van der Waals surface area contributed by atoms with Gasteiger partial charge in [0.05, 0.1) is 6.04 Å². The maximum atomic E-state index is 12.2. The molecule has 0 amide bonds. The summed E-state index contributed by atoms with van der Waals surface area (Å²) in [6, 6.07) is -0.246. The van der Waals surface area contributed by atoms with Gasteiger partial charge in [-0.15, -0.1) is 0 Å². The largest absolute Gasteiger partial charge is 0.416 e. The van der Waals surface area contributed by atoms with Crippen molar-refractivity contribution in [1.82, 2.24) is 9.55 Å². The van der Waals surface area contributed by atoms with Crippen LogP contribution in [0.25, 0.3) is 0 Å². The lowest BCUT2D eigenvalue weighted by Gasteiger charge is -2.43. The molecule has 7 heteroatoms. The molecule has 1 aromatic heterocycles. The smallest absolute Gasteiger partial charge is 0.328 e. The summed E-state index contributed by atoms with van der Waals surface area (Å²) in [4.78, 5) is 37.7. The molecule has 0 aromatic carbocycles. The summed E-state index contributed by atoms with van der Waals surface area (Å²) in [6.45, 7) is 15.5. The molecule has 2 rings (SSSR count). The fraction of sp³-hybridized carbons (Fsp3) is 0.650. The van der Waals surface area contributed by atoms with Crippen LogP contribution in [-0.2, 0) is 9.22 Å². The third-order valence-corrected chi connectivity index (χ3v) is 11.2. The van der Waals surface area contributed by atoms with Crippen molar-refractivity contribution in [1.29, 1.82) is 0 Å². The fourth-order valence-corrected chi connectivity index (χ4v) is 5.75. The zero-order valence-corrected chi connectivity index (χ0v) is 18.5. The summed E-state index contributed by atoms with van der Waals surface area (Å²) < 4.78 is 7.92. The fourth-order valence-electron chi connectivity index (χ4n) is 3.37. The van der Waals surface area contributed by atoms with Crippen LogP contribution in [0.5, 0.6) is 0 Å². The first-order chi connectivity index (χ1) is 12.4. The molecular formula is C20H32N2O4Si. The highest BCUT2D eigenvalue weighted by atomic mass is 28.4. The lowest BCUT2D eigenvalue weighted by molar-refractivity contribution is -0.105. The lowest BCUT2D eigenvalue weighted by atomic mass is 9.99. The van der Waals surface area contributed by atoms with E-state index in [2.05, 4.69) is 45.8 Å². The molecule has 0 fully saturated rings. The molecule has 27 heavy (non-hydrogen) atoms. The Balaban J connectivity index is 2.19. The van der Waals surface area contributed by atoms with E-state index in [0.29, 0.717) is 30.1 Å². The van der Waals surface area contributed by atoms with Crippen LogP contribution >= 0.6 is 0 Å². The van der Waals surface area contributed by atoms with E-state index in [-0.39, 0.29) is 22.6 Å². The Kier molecular flexibility index (Phi) is 6.16. The van der Waals surface area contributed by atoms with Gasteiger partial charge in [0.25, 0.3) is 5.56 Å². The van der Waals surface area contributed by atoms with Gasteiger partial charge in [0.2, 0.25) is 0 Å². The molecule has 0 saturated heterocycles. The third kappa shape index (κ3) is 4.24. The second-order valence-corrected chi connectivity index (χ2v) is 13.6. The highest BCUT2D eigenvalue weighted by Crippen LogP contribution is 2.45. The van der Waals surface area contributed by atoms with Crippen molar-refractivity contribution in [2.75, 3.05) is 6.61 Å². The minimum absolute atomic E-state index is 0.0404. The topological polar surface area (TPSA) is 81.2 Å². The number of aromatic amines is 1. The van der Waals surface area contributed by atoms with Crippen molar-refractivity contribution in [2.24, 2.45) is 11.8 Å². The van der Waals surface area contributed by atoms with E-state index in [4.69, 9.17) is 4.43 Å². The number of allylic oxidation sites excluding steroid dienone is 1. The van der Waals surface area contributed by atoms with E-state index in [0.717, 1.165) is 6.29 Å². The lowest BCUT2D eigenvalue weighted by Crippen LogP contribution is -2.46. The minimum Gasteiger partial charge on any atom is -0.416 e. The first kappa shape index (κ1) is 21.6. The molecule has 1 aromatic rings. The van der Waals surface area contributed by atoms with Crippen molar-refractivity contribution in [3.05, 3.63) is 44.2 Å². The molecule has 1 aliphatic carbocycles. The van der Waals surface area contributed by atoms with Crippen molar-refractivity contribution in [3.63, 3.8) is 0 Å². The van der Waals surface area contributed by atoms with Crippen LogP contribution in [0.4, 0.5) is 0 Å². The summed E-state index contributed by atoms with van der Waals surface area (Å²) in [5, 5.41) is 0.100. The molecule has 1 heterocycles. The average molecular weight is 393 g/mol. The van der Waals surface area contributed by atoms with Gasteiger partial charge < -0.3 is 4.43 Å².